The molecule has 0 atom stereocenters. The van der Waals surface area contributed by atoms with Crippen LogP contribution in [0.1, 0.15) is 32.8 Å². The Morgan fingerprint density at radius 1 is 1.29 bits per heavy atom. The second-order valence-corrected chi connectivity index (χ2v) is 7.18. The van der Waals surface area contributed by atoms with E-state index in [2.05, 4.69) is 32.2 Å². The summed E-state index contributed by atoms with van der Waals surface area (Å²) in [5, 5.41) is 2.86. The van der Waals surface area contributed by atoms with Gasteiger partial charge in [-0.3, -0.25) is 4.79 Å². The van der Waals surface area contributed by atoms with E-state index >= 15 is 0 Å². The summed E-state index contributed by atoms with van der Waals surface area (Å²) in [6.45, 7) is 6.50. The first-order valence-electron chi connectivity index (χ1n) is 5.76. The Hall–Kier alpha value is -1.16. The molecule has 3 nitrogen and oxygen atoms in total. The number of nitrogens with two attached hydrogens (primary N) is 1. The highest BCUT2D eigenvalue weighted by Gasteiger charge is 2.19. The largest absolute Gasteiger partial charge is 0.398 e. The molecule has 0 spiro atoms. The van der Waals surface area contributed by atoms with Crippen LogP contribution in [0.15, 0.2) is 17.0 Å². The number of anilines is 2. The number of hydrogen-bond acceptors (Lipinski definition) is 3. The van der Waals surface area contributed by atoms with Crippen molar-refractivity contribution in [3.05, 3.63) is 17.7 Å². The van der Waals surface area contributed by atoms with E-state index in [0.29, 0.717) is 6.42 Å². The summed E-state index contributed by atoms with van der Waals surface area (Å²) in [4.78, 5) is 12.4. The number of fused-ring (bicyclic) bond motifs is 1. The standard InChI is InChI=1S/C13H18N2OS/c1-13(2,3)17-11-6-8-4-5-12(16)15-10(8)7-9(11)14/h6-7H,4-5,14H2,1-3H3,(H,15,16). The van der Waals surface area contributed by atoms with Gasteiger partial charge in [-0.2, -0.15) is 0 Å². The minimum absolute atomic E-state index is 0.0770. The third-order valence-electron chi connectivity index (χ3n) is 2.55. The molecule has 3 N–H and O–H groups in total. The first-order valence-corrected chi connectivity index (χ1v) is 6.58. The monoisotopic (exact) mass is 250 g/mol. The van der Waals surface area contributed by atoms with E-state index in [4.69, 9.17) is 5.73 Å². The van der Waals surface area contributed by atoms with Crippen molar-refractivity contribution in [3.8, 4) is 0 Å². The molecular formula is C13H18N2OS. The molecule has 1 aliphatic heterocycles. The van der Waals surface area contributed by atoms with Gasteiger partial charge in [0.1, 0.15) is 0 Å². The minimum atomic E-state index is 0.0770. The third-order valence-corrected chi connectivity index (χ3v) is 3.73. The molecule has 0 saturated carbocycles. The highest BCUT2D eigenvalue weighted by molar-refractivity contribution is 8.00. The van der Waals surface area contributed by atoms with Crippen molar-refractivity contribution < 1.29 is 4.79 Å². The lowest BCUT2D eigenvalue weighted by Crippen LogP contribution is -2.19. The fourth-order valence-corrected chi connectivity index (χ4v) is 2.88. The number of benzene rings is 1. The predicted molar refractivity (Wildman–Crippen MR) is 73.4 cm³/mol. The molecule has 0 fully saturated rings. The number of carbonyl (C=O) groups is 1. The zero-order chi connectivity index (χ0) is 12.6. The molecule has 0 saturated heterocycles. The number of nitrogens with one attached hydrogen (secondary N) is 1. The maximum atomic E-state index is 11.3. The number of carbonyl (C=O) groups excluding carboxylic acids is 1. The Labute approximate surface area is 106 Å². The van der Waals surface area contributed by atoms with Gasteiger partial charge in [-0.25, -0.2) is 0 Å². The Morgan fingerprint density at radius 2 is 2.00 bits per heavy atom. The minimum Gasteiger partial charge on any atom is -0.398 e. The van der Waals surface area contributed by atoms with Crippen LogP contribution in [0, 0.1) is 0 Å². The summed E-state index contributed by atoms with van der Waals surface area (Å²) in [6, 6.07) is 3.99. The van der Waals surface area contributed by atoms with Crippen LogP contribution >= 0.6 is 11.8 Å². The zero-order valence-electron chi connectivity index (χ0n) is 10.5. The number of thioether (sulfide) groups is 1. The van der Waals surface area contributed by atoms with Crippen LogP contribution in [0.2, 0.25) is 0 Å². The highest BCUT2D eigenvalue weighted by atomic mass is 32.2. The van der Waals surface area contributed by atoms with Gasteiger partial charge in [0, 0.05) is 27.4 Å². The summed E-state index contributed by atoms with van der Waals surface area (Å²) in [6.07, 6.45) is 1.37. The lowest BCUT2D eigenvalue weighted by molar-refractivity contribution is -0.116. The molecule has 92 valence electrons. The Morgan fingerprint density at radius 3 is 2.65 bits per heavy atom. The molecule has 0 unspecified atom stereocenters. The zero-order valence-corrected chi connectivity index (χ0v) is 11.3. The molecule has 0 radical (unpaired) electrons. The van der Waals surface area contributed by atoms with Crippen molar-refractivity contribution in [1.82, 2.24) is 0 Å². The van der Waals surface area contributed by atoms with Gasteiger partial charge in [-0.05, 0) is 24.1 Å². The van der Waals surface area contributed by atoms with E-state index in [-0.39, 0.29) is 10.7 Å². The van der Waals surface area contributed by atoms with Crippen LogP contribution < -0.4 is 11.1 Å². The summed E-state index contributed by atoms with van der Waals surface area (Å²) in [5.74, 6) is 0.0770. The molecule has 1 aliphatic rings. The van der Waals surface area contributed by atoms with Gasteiger partial charge in [0.15, 0.2) is 0 Å². The van der Waals surface area contributed by atoms with Gasteiger partial charge < -0.3 is 11.1 Å². The Bertz CT molecular complexity index is 463. The molecule has 1 amide bonds. The molecule has 1 heterocycles. The molecule has 0 aliphatic carbocycles. The van der Waals surface area contributed by atoms with Crippen molar-refractivity contribution in [2.75, 3.05) is 11.1 Å². The van der Waals surface area contributed by atoms with Crippen molar-refractivity contribution in [1.29, 1.82) is 0 Å². The fourth-order valence-electron chi connectivity index (χ4n) is 1.84. The summed E-state index contributed by atoms with van der Waals surface area (Å²) in [5.41, 5.74) is 8.82. The van der Waals surface area contributed by atoms with Crippen molar-refractivity contribution >= 4 is 29.0 Å². The van der Waals surface area contributed by atoms with E-state index in [1.54, 1.807) is 11.8 Å². The van der Waals surface area contributed by atoms with Crippen LogP contribution in [0.4, 0.5) is 11.4 Å². The quantitative estimate of drug-likeness (QED) is 0.595. The second-order valence-electron chi connectivity index (χ2n) is 5.31. The van der Waals surface area contributed by atoms with Gasteiger partial charge in [0.05, 0.1) is 0 Å². The lowest BCUT2D eigenvalue weighted by Gasteiger charge is -2.22. The van der Waals surface area contributed by atoms with Crippen molar-refractivity contribution in [2.45, 2.75) is 43.3 Å². The van der Waals surface area contributed by atoms with Crippen LogP contribution in [-0.4, -0.2) is 10.7 Å². The van der Waals surface area contributed by atoms with E-state index in [1.807, 2.05) is 6.07 Å². The van der Waals surface area contributed by atoms with Gasteiger partial charge in [-0.1, -0.05) is 20.8 Å². The third kappa shape index (κ3) is 2.94. The SMILES string of the molecule is CC(C)(C)Sc1cc2c(cc1N)NC(=O)CC2. The maximum absolute atomic E-state index is 11.3. The number of nitrogen functional groups attached to an aromatic ring is 1. The Balaban J connectivity index is 2.34. The van der Waals surface area contributed by atoms with Gasteiger partial charge >= 0.3 is 0 Å². The van der Waals surface area contributed by atoms with E-state index < -0.39 is 0 Å². The highest BCUT2D eigenvalue weighted by Crippen LogP contribution is 2.39. The van der Waals surface area contributed by atoms with E-state index in [9.17, 15) is 4.79 Å². The average Bonchev–Trinajstić information content (AvgIpc) is 2.17. The molecule has 1 aromatic rings. The van der Waals surface area contributed by atoms with Gasteiger partial charge in [0.2, 0.25) is 5.91 Å². The first-order chi connectivity index (χ1) is 7.85. The maximum Gasteiger partial charge on any atom is 0.224 e. The molecule has 4 heteroatoms. The number of hydrogen-bond donors (Lipinski definition) is 2. The average molecular weight is 250 g/mol. The fraction of sp³-hybridized carbons (Fsp3) is 0.462. The normalized spacial score (nSPS) is 15.4. The summed E-state index contributed by atoms with van der Waals surface area (Å²) >= 11 is 1.76. The lowest BCUT2D eigenvalue weighted by atomic mass is 10.0. The number of aryl methyl sites for hydroxylation is 1. The molecule has 2 rings (SSSR count). The first kappa shape index (κ1) is 12.3. The van der Waals surface area contributed by atoms with Crippen LogP contribution in [0.5, 0.6) is 0 Å². The summed E-state index contributed by atoms with van der Waals surface area (Å²) < 4.78 is 0.139. The topological polar surface area (TPSA) is 55.1 Å². The number of amides is 1. The van der Waals surface area contributed by atoms with Gasteiger partial charge in [-0.15, -0.1) is 11.8 Å². The van der Waals surface area contributed by atoms with Crippen molar-refractivity contribution in [3.63, 3.8) is 0 Å². The van der Waals surface area contributed by atoms with Crippen LogP contribution in [0.25, 0.3) is 0 Å². The second kappa shape index (κ2) is 4.26. The van der Waals surface area contributed by atoms with Gasteiger partial charge in [0.25, 0.3) is 0 Å². The van der Waals surface area contributed by atoms with Crippen LogP contribution in [0.3, 0.4) is 0 Å². The predicted octanol–water partition coefficient (Wildman–Crippen LogP) is 3.04. The molecule has 1 aromatic carbocycles. The molecular weight excluding hydrogens is 232 g/mol. The molecule has 0 bridgehead atoms. The van der Waals surface area contributed by atoms with E-state index in [0.717, 1.165) is 22.7 Å². The van der Waals surface area contributed by atoms with E-state index in [1.165, 1.54) is 5.56 Å². The smallest absolute Gasteiger partial charge is 0.224 e. The molecule has 0 aromatic heterocycles. The number of rotatable bonds is 1. The Kier molecular flexibility index (Phi) is 3.08. The van der Waals surface area contributed by atoms with Crippen molar-refractivity contribution in [2.24, 2.45) is 0 Å². The van der Waals surface area contributed by atoms with Crippen LogP contribution in [-0.2, 0) is 11.2 Å². The summed E-state index contributed by atoms with van der Waals surface area (Å²) in [7, 11) is 0. The molecule has 17 heavy (non-hydrogen) atoms.